The van der Waals surface area contributed by atoms with Crippen LogP contribution in [0.25, 0.3) is 0 Å². The van der Waals surface area contributed by atoms with Crippen LogP contribution in [0.3, 0.4) is 0 Å². The second-order valence-corrected chi connectivity index (χ2v) is 11.7. The first-order valence-corrected chi connectivity index (χ1v) is 15.6. The van der Waals surface area contributed by atoms with E-state index in [1.54, 1.807) is 12.4 Å². The molecule has 0 saturated carbocycles. The molecule has 0 heterocycles. The second-order valence-electron chi connectivity index (χ2n) is 11.7. The summed E-state index contributed by atoms with van der Waals surface area (Å²) < 4.78 is 0. The Bertz CT molecular complexity index is 1680. The maximum Gasteiger partial charge on any atom is 0.0568 e. The third-order valence-corrected chi connectivity index (χ3v) is 7.95. The predicted molar refractivity (Wildman–Crippen MR) is 196 cm³/mol. The zero-order valence-electron chi connectivity index (χ0n) is 26.8. The van der Waals surface area contributed by atoms with Crippen molar-refractivity contribution in [2.24, 2.45) is 10.2 Å². The van der Waals surface area contributed by atoms with Gasteiger partial charge in [0.1, 0.15) is 0 Å². The van der Waals surface area contributed by atoms with Crippen molar-refractivity contribution in [3.63, 3.8) is 0 Å². The Morgan fingerprint density at radius 1 is 0.304 bits per heavy atom. The van der Waals surface area contributed by atoms with Crippen molar-refractivity contribution in [3.8, 4) is 0 Å². The lowest BCUT2D eigenvalue weighted by molar-refractivity contribution is 1.25. The van der Waals surface area contributed by atoms with E-state index in [0.717, 1.165) is 45.3 Å². The molecule has 6 rings (SSSR count). The van der Waals surface area contributed by atoms with Crippen molar-refractivity contribution < 1.29 is 0 Å². The van der Waals surface area contributed by atoms with Gasteiger partial charge in [0.25, 0.3) is 0 Å². The standard InChI is InChI=1S/C42H38N4/c1-31-5-17-37(18-6-31)45(38-19-7-32(2)8-20-38)41-25-13-35(14-26-41)29-43-44-30-36-15-27-42(28-16-36)46(39-21-9-33(3)10-22-39)40-23-11-34(4)12-24-40/h5-30H,1-4H3/b43-29+,44-30+. The number of hydrogen-bond acceptors (Lipinski definition) is 4. The summed E-state index contributed by atoms with van der Waals surface area (Å²) in [4.78, 5) is 4.53. The van der Waals surface area contributed by atoms with Crippen LogP contribution in [0.1, 0.15) is 33.4 Å². The molecule has 0 aromatic heterocycles. The molecule has 4 nitrogen and oxygen atoms in total. The molecule has 0 spiro atoms. The molecule has 0 radical (unpaired) electrons. The summed E-state index contributed by atoms with van der Waals surface area (Å²) in [6, 6.07) is 51.2. The van der Waals surface area contributed by atoms with Gasteiger partial charge in [-0.1, -0.05) is 95.1 Å². The molecule has 6 aromatic rings. The Labute approximate surface area is 272 Å². The third-order valence-electron chi connectivity index (χ3n) is 7.95. The topological polar surface area (TPSA) is 31.2 Å². The van der Waals surface area contributed by atoms with Gasteiger partial charge in [-0.15, -0.1) is 0 Å². The lowest BCUT2D eigenvalue weighted by Crippen LogP contribution is -2.10. The number of rotatable bonds is 9. The molecular formula is C42H38N4. The summed E-state index contributed by atoms with van der Waals surface area (Å²) in [7, 11) is 0. The van der Waals surface area contributed by atoms with Crippen LogP contribution in [0, 0.1) is 27.7 Å². The number of anilines is 6. The number of hydrogen-bond donors (Lipinski definition) is 0. The average Bonchev–Trinajstić information content (AvgIpc) is 3.08. The van der Waals surface area contributed by atoms with Crippen LogP contribution in [0.4, 0.5) is 34.1 Å². The van der Waals surface area contributed by atoms with Crippen LogP contribution in [-0.2, 0) is 0 Å². The fraction of sp³-hybridized carbons (Fsp3) is 0.0952. The van der Waals surface area contributed by atoms with Gasteiger partial charge in [0, 0.05) is 34.1 Å². The van der Waals surface area contributed by atoms with Gasteiger partial charge in [0.05, 0.1) is 12.4 Å². The molecule has 0 aliphatic heterocycles. The Balaban J connectivity index is 1.17. The highest BCUT2D eigenvalue weighted by atomic mass is 15.2. The molecule has 4 heteroatoms. The van der Waals surface area contributed by atoms with E-state index in [2.05, 4.69) is 193 Å². The number of aryl methyl sites for hydroxylation is 4. The van der Waals surface area contributed by atoms with E-state index in [1.807, 2.05) is 0 Å². The summed E-state index contributed by atoms with van der Waals surface area (Å²) in [5.74, 6) is 0. The molecule has 0 saturated heterocycles. The zero-order chi connectivity index (χ0) is 31.9. The molecule has 46 heavy (non-hydrogen) atoms. The highest BCUT2D eigenvalue weighted by molar-refractivity contribution is 5.85. The Morgan fingerprint density at radius 2 is 0.500 bits per heavy atom. The van der Waals surface area contributed by atoms with Gasteiger partial charge >= 0.3 is 0 Å². The largest absolute Gasteiger partial charge is 0.311 e. The highest BCUT2D eigenvalue weighted by Gasteiger charge is 2.13. The minimum absolute atomic E-state index is 0.982. The van der Waals surface area contributed by atoms with Crippen molar-refractivity contribution in [2.45, 2.75) is 27.7 Å². The summed E-state index contributed by atoms with van der Waals surface area (Å²) in [5, 5.41) is 8.67. The normalized spacial score (nSPS) is 11.3. The van der Waals surface area contributed by atoms with Gasteiger partial charge < -0.3 is 9.80 Å². The van der Waals surface area contributed by atoms with Crippen molar-refractivity contribution in [2.75, 3.05) is 9.80 Å². The molecule has 0 atom stereocenters. The van der Waals surface area contributed by atoms with Crippen LogP contribution in [-0.4, -0.2) is 12.4 Å². The molecule has 226 valence electrons. The van der Waals surface area contributed by atoms with Crippen LogP contribution in [0.15, 0.2) is 156 Å². The Kier molecular flexibility index (Phi) is 9.17. The first-order valence-electron chi connectivity index (χ1n) is 15.6. The minimum atomic E-state index is 0.982. The van der Waals surface area contributed by atoms with Gasteiger partial charge in [0.15, 0.2) is 0 Å². The highest BCUT2D eigenvalue weighted by Crippen LogP contribution is 2.36. The van der Waals surface area contributed by atoms with E-state index in [0.29, 0.717) is 0 Å². The molecule has 0 aliphatic carbocycles. The molecule has 0 aliphatic rings. The number of nitrogens with zero attached hydrogens (tertiary/aromatic N) is 4. The smallest absolute Gasteiger partial charge is 0.0568 e. The van der Waals surface area contributed by atoms with Gasteiger partial charge in [-0.3, -0.25) is 0 Å². The Morgan fingerprint density at radius 3 is 0.717 bits per heavy atom. The molecule has 0 N–H and O–H groups in total. The predicted octanol–water partition coefficient (Wildman–Crippen LogP) is 11.3. The van der Waals surface area contributed by atoms with E-state index in [9.17, 15) is 0 Å². The van der Waals surface area contributed by atoms with E-state index < -0.39 is 0 Å². The van der Waals surface area contributed by atoms with Gasteiger partial charge in [-0.2, -0.15) is 10.2 Å². The lowest BCUT2D eigenvalue weighted by Gasteiger charge is -2.25. The quantitative estimate of drug-likeness (QED) is 0.122. The van der Waals surface area contributed by atoms with E-state index in [-0.39, 0.29) is 0 Å². The van der Waals surface area contributed by atoms with Crippen LogP contribution in [0.2, 0.25) is 0 Å². The van der Waals surface area contributed by atoms with Crippen LogP contribution < -0.4 is 9.80 Å². The van der Waals surface area contributed by atoms with Crippen molar-refractivity contribution in [1.29, 1.82) is 0 Å². The van der Waals surface area contributed by atoms with Crippen molar-refractivity contribution >= 4 is 46.6 Å². The van der Waals surface area contributed by atoms with Gasteiger partial charge in [-0.25, -0.2) is 0 Å². The maximum absolute atomic E-state index is 4.34. The van der Waals surface area contributed by atoms with E-state index >= 15 is 0 Å². The number of benzene rings is 6. The monoisotopic (exact) mass is 598 g/mol. The fourth-order valence-electron chi connectivity index (χ4n) is 5.29. The molecular weight excluding hydrogens is 560 g/mol. The fourth-order valence-corrected chi connectivity index (χ4v) is 5.29. The molecule has 0 unspecified atom stereocenters. The summed E-state index contributed by atoms with van der Waals surface area (Å²) in [6.45, 7) is 8.44. The first kappa shape index (κ1) is 30.3. The second kappa shape index (κ2) is 13.9. The van der Waals surface area contributed by atoms with Crippen LogP contribution in [0.5, 0.6) is 0 Å². The van der Waals surface area contributed by atoms with Crippen molar-refractivity contribution in [3.05, 3.63) is 179 Å². The van der Waals surface area contributed by atoms with E-state index in [1.165, 1.54) is 22.3 Å². The SMILES string of the molecule is Cc1ccc(N(c2ccc(C)cc2)c2ccc(/C=N/N=C/c3ccc(N(c4ccc(C)cc4)c4ccc(C)cc4)cc3)cc2)cc1. The zero-order valence-corrected chi connectivity index (χ0v) is 26.8. The lowest BCUT2D eigenvalue weighted by atomic mass is 10.1. The molecule has 0 fully saturated rings. The summed E-state index contributed by atoms with van der Waals surface area (Å²) in [6.07, 6.45) is 3.57. The van der Waals surface area contributed by atoms with Crippen molar-refractivity contribution in [1.82, 2.24) is 0 Å². The summed E-state index contributed by atoms with van der Waals surface area (Å²) >= 11 is 0. The minimum Gasteiger partial charge on any atom is -0.311 e. The molecule has 0 amide bonds. The van der Waals surface area contributed by atoms with Gasteiger partial charge in [0.2, 0.25) is 0 Å². The first-order chi connectivity index (χ1) is 22.4. The Hall–Kier alpha value is -5.74. The van der Waals surface area contributed by atoms with E-state index in [4.69, 9.17) is 0 Å². The third kappa shape index (κ3) is 7.31. The molecule has 0 bridgehead atoms. The van der Waals surface area contributed by atoms with Crippen LogP contribution >= 0.6 is 0 Å². The molecule has 6 aromatic carbocycles. The average molecular weight is 599 g/mol. The summed E-state index contributed by atoms with van der Waals surface area (Å²) in [5.41, 5.74) is 13.6. The van der Waals surface area contributed by atoms with Gasteiger partial charge in [-0.05, 0) is 112 Å². The maximum atomic E-state index is 4.34.